The Kier molecular flexibility index (Phi) is 8.58. The van der Waals surface area contributed by atoms with Gasteiger partial charge in [0.15, 0.2) is 12.3 Å². The largest absolute Gasteiger partial charge is 0.482 e. The number of piperidine rings is 1. The van der Waals surface area contributed by atoms with Crippen LogP contribution in [0.25, 0.3) is 11.0 Å². The lowest BCUT2D eigenvalue weighted by Crippen LogP contribution is -2.30. The lowest BCUT2D eigenvalue weighted by Gasteiger charge is -2.18. The number of ether oxygens (including phenoxy) is 1. The Balaban J connectivity index is 0.000000370. The highest BCUT2D eigenvalue weighted by Crippen LogP contribution is 2.28. The number of H-pyrrole nitrogens is 1. The summed E-state index contributed by atoms with van der Waals surface area (Å²) < 4.78 is 5.29. The van der Waals surface area contributed by atoms with Crippen LogP contribution in [0.3, 0.4) is 0 Å². The second-order valence-corrected chi connectivity index (χ2v) is 7.78. The van der Waals surface area contributed by atoms with Crippen molar-refractivity contribution in [3.8, 4) is 5.75 Å². The lowest BCUT2D eigenvalue weighted by atomic mass is 10.1. The predicted octanol–water partition coefficient (Wildman–Crippen LogP) is 1.07. The molecule has 2 aromatic heterocycles. The van der Waals surface area contributed by atoms with Gasteiger partial charge in [0.2, 0.25) is 0 Å². The summed E-state index contributed by atoms with van der Waals surface area (Å²) in [5, 5.41) is 26.6. The summed E-state index contributed by atoms with van der Waals surface area (Å²) in [6.45, 7) is 2.13. The van der Waals surface area contributed by atoms with E-state index in [2.05, 4.69) is 30.9 Å². The van der Waals surface area contributed by atoms with Gasteiger partial charge in [0.05, 0.1) is 17.3 Å². The standard InChI is InChI=1S/C17H13N5O5.C5H11NO.ClH/c23-12-6-27-11-2-1-8(3-10(11)22-12)4-19-16(24)15-14-13(20-7-21-15)9(5-18-14)17(25)26;7-5-1-3-6-4-2-5;/h1-3,5,7,18H,4,6H2,(H,19,24)(H,22,23)(H,25,26);5-7H,1-4H2;1H. The lowest BCUT2D eigenvalue weighted by molar-refractivity contribution is -0.118. The van der Waals surface area contributed by atoms with Crippen LogP contribution in [0.1, 0.15) is 39.3 Å². The molecule has 0 spiro atoms. The van der Waals surface area contributed by atoms with Crippen LogP contribution in [-0.2, 0) is 11.3 Å². The SMILES string of the molecule is Cl.O=C1COc2ccc(CNC(=O)c3ncnc4c(C(=O)O)c[nH]c34)cc2N1.OC1CCNCC1. The van der Waals surface area contributed by atoms with E-state index in [-0.39, 0.29) is 59.9 Å². The second-order valence-electron chi connectivity index (χ2n) is 7.78. The van der Waals surface area contributed by atoms with E-state index in [0.717, 1.165) is 37.8 Å². The second kappa shape index (κ2) is 11.6. The summed E-state index contributed by atoms with van der Waals surface area (Å²) in [6, 6.07) is 5.19. The highest BCUT2D eigenvalue weighted by molar-refractivity contribution is 6.08. The highest BCUT2D eigenvalue weighted by atomic mass is 35.5. The number of anilines is 1. The molecule has 5 rings (SSSR count). The topological polar surface area (TPSA) is 179 Å². The van der Waals surface area contributed by atoms with Crippen molar-refractivity contribution in [2.45, 2.75) is 25.5 Å². The van der Waals surface area contributed by atoms with Crippen molar-refractivity contribution < 1.29 is 29.3 Å². The normalized spacial score (nSPS) is 14.9. The number of aliphatic hydroxyl groups excluding tert-OH is 1. The fraction of sp³-hybridized carbons (Fsp3) is 0.318. The van der Waals surface area contributed by atoms with Gasteiger partial charge in [-0.2, -0.15) is 0 Å². The number of hydrogen-bond donors (Lipinski definition) is 6. The first kappa shape index (κ1) is 25.9. The molecule has 0 atom stereocenters. The van der Waals surface area contributed by atoms with Crippen molar-refractivity contribution in [2.24, 2.45) is 0 Å². The third kappa shape index (κ3) is 6.23. The summed E-state index contributed by atoms with van der Waals surface area (Å²) >= 11 is 0. The highest BCUT2D eigenvalue weighted by Gasteiger charge is 2.20. The molecule has 4 heterocycles. The summed E-state index contributed by atoms with van der Waals surface area (Å²) in [5.74, 6) is -1.31. The third-order valence-electron chi connectivity index (χ3n) is 5.35. The first-order chi connectivity index (χ1) is 16.4. The molecule has 13 heteroatoms. The summed E-state index contributed by atoms with van der Waals surface area (Å²) in [4.78, 5) is 45.7. The van der Waals surface area contributed by atoms with Gasteiger partial charge >= 0.3 is 5.97 Å². The minimum absolute atomic E-state index is 0. The monoisotopic (exact) mass is 504 g/mol. The van der Waals surface area contributed by atoms with E-state index in [1.165, 1.54) is 6.20 Å². The minimum atomic E-state index is -1.15. The van der Waals surface area contributed by atoms with Gasteiger partial charge in [-0.05, 0) is 43.6 Å². The number of aromatic nitrogens is 3. The van der Waals surface area contributed by atoms with Gasteiger partial charge in [0, 0.05) is 12.7 Å². The Morgan fingerprint density at radius 1 is 1.20 bits per heavy atom. The molecule has 6 N–H and O–H groups in total. The number of benzene rings is 1. The zero-order chi connectivity index (χ0) is 24.1. The summed E-state index contributed by atoms with van der Waals surface area (Å²) in [5.41, 5.74) is 1.71. The van der Waals surface area contributed by atoms with Gasteiger partial charge in [-0.3, -0.25) is 9.59 Å². The molecular formula is C22H25ClN6O6. The molecule has 2 amide bonds. The quantitative estimate of drug-likeness (QED) is 0.303. The average molecular weight is 505 g/mol. The number of carboxylic acid groups (broad SMARTS) is 1. The average Bonchev–Trinajstić information content (AvgIpc) is 3.28. The third-order valence-corrected chi connectivity index (χ3v) is 5.35. The maximum absolute atomic E-state index is 12.5. The van der Waals surface area contributed by atoms with Gasteiger partial charge in [0.25, 0.3) is 11.8 Å². The van der Waals surface area contributed by atoms with Crippen LogP contribution in [0.4, 0.5) is 5.69 Å². The molecular weight excluding hydrogens is 480 g/mol. The van der Waals surface area contributed by atoms with Crippen LogP contribution < -0.4 is 20.7 Å². The van der Waals surface area contributed by atoms with Crippen LogP contribution in [-0.4, -0.2) is 68.7 Å². The molecule has 1 fully saturated rings. The fourth-order valence-corrected chi connectivity index (χ4v) is 3.59. The van der Waals surface area contributed by atoms with E-state index in [4.69, 9.17) is 14.9 Å². The van der Waals surface area contributed by atoms with Gasteiger partial charge in [-0.25, -0.2) is 14.8 Å². The summed E-state index contributed by atoms with van der Waals surface area (Å²) in [7, 11) is 0. The Labute approximate surface area is 205 Å². The molecule has 0 unspecified atom stereocenters. The van der Waals surface area contributed by atoms with E-state index in [1.54, 1.807) is 18.2 Å². The number of nitrogens with one attached hydrogen (secondary N) is 4. The minimum Gasteiger partial charge on any atom is -0.482 e. The zero-order valence-corrected chi connectivity index (χ0v) is 19.4. The maximum atomic E-state index is 12.5. The van der Waals surface area contributed by atoms with Crippen molar-refractivity contribution in [1.29, 1.82) is 0 Å². The van der Waals surface area contributed by atoms with Gasteiger partial charge in [0.1, 0.15) is 23.2 Å². The molecule has 0 radical (unpaired) electrons. The Hall–Kier alpha value is -3.74. The molecule has 35 heavy (non-hydrogen) atoms. The number of nitrogens with zero attached hydrogens (tertiary/aromatic N) is 2. The number of hydrogen-bond acceptors (Lipinski definition) is 8. The molecule has 1 aromatic carbocycles. The molecule has 2 aliphatic rings. The van der Waals surface area contributed by atoms with Crippen molar-refractivity contribution in [3.63, 3.8) is 0 Å². The molecule has 3 aromatic rings. The van der Waals surface area contributed by atoms with Crippen LogP contribution >= 0.6 is 12.4 Å². The van der Waals surface area contributed by atoms with E-state index in [0.29, 0.717) is 11.4 Å². The number of carbonyl (C=O) groups is 3. The fourth-order valence-electron chi connectivity index (χ4n) is 3.59. The molecule has 0 saturated carbocycles. The van der Waals surface area contributed by atoms with Crippen LogP contribution in [0.15, 0.2) is 30.7 Å². The van der Waals surface area contributed by atoms with Crippen molar-refractivity contribution >= 4 is 46.9 Å². The summed E-state index contributed by atoms with van der Waals surface area (Å²) in [6.07, 6.45) is 4.25. The van der Waals surface area contributed by atoms with Crippen LogP contribution in [0, 0.1) is 0 Å². The predicted molar refractivity (Wildman–Crippen MR) is 128 cm³/mol. The van der Waals surface area contributed by atoms with Crippen molar-refractivity contribution in [1.82, 2.24) is 25.6 Å². The number of rotatable bonds is 4. The number of aliphatic hydroxyl groups is 1. The molecule has 0 bridgehead atoms. The Bertz CT molecular complexity index is 1230. The van der Waals surface area contributed by atoms with Gasteiger partial charge < -0.3 is 35.9 Å². The van der Waals surface area contributed by atoms with Crippen molar-refractivity contribution in [3.05, 3.63) is 47.5 Å². The van der Waals surface area contributed by atoms with Crippen molar-refractivity contribution in [2.75, 3.05) is 25.0 Å². The molecule has 2 aliphatic heterocycles. The van der Waals surface area contributed by atoms with E-state index < -0.39 is 11.9 Å². The van der Waals surface area contributed by atoms with E-state index in [9.17, 15) is 14.4 Å². The molecule has 1 saturated heterocycles. The number of fused-ring (bicyclic) bond motifs is 2. The Morgan fingerprint density at radius 3 is 2.66 bits per heavy atom. The van der Waals surface area contributed by atoms with Gasteiger partial charge in [-0.1, -0.05) is 6.07 Å². The smallest absolute Gasteiger partial charge is 0.339 e. The number of aromatic amines is 1. The van der Waals surface area contributed by atoms with E-state index in [1.807, 2.05) is 0 Å². The first-order valence-corrected chi connectivity index (χ1v) is 10.7. The molecule has 186 valence electrons. The first-order valence-electron chi connectivity index (χ1n) is 10.7. The maximum Gasteiger partial charge on any atom is 0.339 e. The number of carbonyl (C=O) groups excluding carboxylic acids is 2. The van der Waals surface area contributed by atoms with Crippen LogP contribution in [0.5, 0.6) is 5.75 Å². The zero-order valence-electron chi connectivity index (χ0n) is 18.5. The number of aromatic carboxylic acids is 1. The van der Waals surface area contributed by atoms with E-state index >= 15 is 0 Å². The van der Waals surface area contributed by atoms with Crippen LogP contribution in [0.2, 0.25) is 0 Å². The van der Waals surface area contributed by atoms with Gasteiger partial charge in [-0.15, -0.1) is 12.4 Å². The molecule has 12 nitrogen and oxygen atoms in total. The Morgan fingerprint density at radius 2 is 1.97 bits per heavy atom. The number of halogens is 1. The molecule has 0 aliphatic carbocycles. The number of amides is 2. The number of carboxylic acids is 1.